The van der Waals surface area contributed by atoms with Gasteiger partial charge < -0.3 is 10.5 Å². The van der Waals surface area contributed by atoms with Gasteiger partial charge >= 0.3 is 0 Å². The highest BCUT2D eigenvalue weighted by atomic mass is 79.9. The molecule has 0 fully saturated rings. The Labute approximate surface area is 106 Å². The summed E-state index contributed by atoms with van der Waals surface area (Å²) in [5.74, 6) is 0.750. The van der Waals surface area contributed by atoms with Gasteiger partial charge in [-0.1, -0.05) is 15.9 Å². The quantitative estimate of drug-likeness (QED) is 0.884. The zero-order valence-electron chi connectivity index (χ0n) is 8.74. The Morgan fingerprint density at radius 1 is 1.44 bits per heavy atom. The summed E-state index contributed by atoms with van der Waals surface area (Å²) in [6.45, 7) is 2.45. The van der Waals surface area contributed by atoms with Crippen LogP contribution in [-0.4, -0.2) is 4.98 Å². The molecule has 0 amide bonds. The molecular weight excluding hydrogens is 288 g/mol. The second-order valence-corrected chi connectivity index (χ2v) is 5.25. The molecule has 0 spiro atoms. The fourth-order valence-corrected chi connectivity index (χ4v) is 2.45. The average molecular weight is 299 g/mol. The molecule has 0 radical (unpaired) electrons. The number of nitrogen functional groups attached to an aromatic ring is 1. The van der Waals surface area contributed by atoms with Crippen molar-refractivity contribution in [1.29, 1.82) is 0 Å². The maximum Gasteiger partial charge on any atom is 0.140 e. The minimum atomic E-state index is 0.481. The van der Waals surface area contributed by atoms with Crippen molar-refractivity contribution in [2.45, 2.75) is 13.5 Å². The monoisotopic (exact) mass is 298 g/mol. The molecule has 1 heterocycles. The van der Waals surface area contributed by atoms with Crippen molar-refractivity contribution in [1.82, 2.24) is 4.98 Å². The van der Waals surface area contributed by atoms with Crippen molar-refractivity contribution in [3.8, 4) is 5.75 Å². The highest BCUT2D eigenvalue weighted by molar-refractivity contribution is 9.10. The van der Waals surface area contributed by atoms with E-state index in [9.17, 15) is 0 Å². The third-order valence-electron chi connectivity index (χ3n) is 1.92. The van der Waals surface area contributed by atoms with Gasteiger partial charge in [0.05, 0.1) is 0 Å². The number of aromatic nitrogens is 1. The Morgan fingerprint density at radius 3 is 2.88 bits per heavy atom. The molecule has 0 aliphatic rings. The van der Waals surface area contributed by atoms with Crippen LogP contribution in [-0.2, 0) is 6.61 Å². The minimum absolute atomic E-state index is 0.481. The van der Waals surface area contributed by atoms with E-state index in [2.05, 4.69) is 20.9 Å². The van der Waals surface area contributed by atoms with Crippen molar-refractivity contribution < 1.29 is 4.74 Å². The molecule has 1 aromatic carbocycles. The molecule has 0 aliphatic carbocycles. The van der Waals surface area contributed by atoms with Gasteiger partial charge in [-0.3, -0.25) is 0 Å². The number of ether oxygens (including phenoxy) is 1. The number of aryl methyl sites for hydroxylation is 1. The highest BCUT2D eigenvalue weighted by Gasteiger charge is 2.02. The number of anilines is 1. The highest BCUT2D eigenvalue weighted by Crippen LogP contribution is 2.23. The molecule has 1 aromatic heterocycles. The number of thiazole rings is 1. The molecule has 2 N–H and O–H groups in total. The summed E-state index contributed by atoms with van der Waals surface area (Å²) in [6, 6.07) is 5.52. The van der Waals surface area contributed by atoms with Crippen molar-refractivity contribution in [2.75, 3.05) is 5.73 Å². The predicted molar refractivity (Wildman–Crippen MR) is 69.7 cm³/mol. The zero-order valence-corrected chi connectivity index (χ0v) is 11.1. The number of nitrogens with zero attached hydrogens (tertiary/aromatic N) is 1. The van der Waals surface area contributed by atoms with Crippen LogP contribution < -0.4 is 10.5 Å². The summed E-state index contributed by atoms with van der Waals surface area (Å²) in [5, 5.41) is 2.98. The van der Waals surface area contributed by atoms with E-state index in [1.54, 1.807) is 17.4 Å². The first-order chi connectivity index (χ1) is 7.63. The Kier molecular flexibility index (Phi) is 3.46. The van der Waals surface area contributed by atoms with Crippen LogP contribution in [0.5, 0.6) is 5.75 Å². The molecule has 3 nitrogen and oxygen atoms in total. The number of nitrogens with two attached hydrogens (primary N) is 1. The fraction of sp³-hybridized carbons (Fsp3) is 0.182. The Morgan fingerprint density at radius 2 is 2.25 bits per heavy atom. The lowest BCUT2D eigenvalue weighted by Crippen LogP contribution is -1.96. The minimum Gasteiger partial charge on any atom is -0.486 e. The smallest absolute Gasteiger partial charge is 0.140 e. The van der Waals surface area contributed by atoms with Crippen LogP contribution in [0.2, 0.25) is 0 Å². The molecule has 0 saturated carbocycles. The van der Waals surface area contributed by atoms with Gasteiger partial charge in [0.2, 0.25) is 0 Å². The van der Waals surface area contributed by atoms with E-state index >= 15 is 0 Å². The summed E-state index contributed by atoms with van der Waals surface area (Å²) in [7, 11) is 0. The Balaban J connectivity index is 2.04. The molecule has 2 rings (SSSR count). The topological polar surface area (TPSA) is 48.1 Å². The molecule has 0 saturated heterocycles. The number of halogens is 1. The fourth-order valence-electron chi connectivity index (χ4n) is 1.28. The van der Waals surface area contributed by atoms with Gasteiger partial charge in [-0.15, -0.1) is 11.3 Å². The maximum atomic E-state index is 5.71. The molecule has 16 heavy (non-hydrogen) atoms. The predicted octanol–water partition coefficient (Wildman–Crippen LogP) is 3.38. The Hall–Kier alpha value is -1.07. The second-order valence-electron chi connectivity index (χ2n) is 3.39. The van der Waals surface area contributed by atoms with Crippen LogP contribution in [0.1, 0.15) is 10.7 Å². The maximum absolute atomic E-state index is 5.71. The molecule has 0 atom stereocenters. The molecule has 0 bridgehead atoms. The normalized spacial score (nSPS) is 10.4. The largest absolute Gasteiger partial charge is 0.486 e. The summed E-state index contributed by atoms with van der Waals surface area (Å²) >= 11 is 4.97. The van der Waals surface area contributed by atoms with E-state index in [1.807, 2.05) is 24.4 Å². The first-order valence-electron chi connectivity index (χ1n) is 4.73. The lowest BCUT2D eigenvalue weighted by Gasteiger charge is -2.05. The number of hydrogen-bond donors (Lipinski definition) is 1. The van der Waals surface area contributed by atoms with Crippen LogP contribution in [0.3, 0.4) is 0 Å². The Bertz CT molecular complexity index is 478. The summed E-state index contributed by atoms with van der Waals surface area (Å²) in [4.78, 5) is 4.32. The van der Waals surface area contributed by atoms with Crippen molar-refractivity contribution in [2.24, 2.45) is 0 Å². The van der Waals surface area contributed by atoms with Gasteiger partial charge in [-0.25, -0.2) is 4.98 Å². The van der Waals surface area contributed by atoms with E-state index in [-0.39, 0.29) is 0 Å². The van der Waals surface area contributed by atoms with E-state index in [0.717, 1.165) is 20.9 Å². The SMILES string of the molecule is Cc1csc(COc2cc(N)cc(Br)c2)n1. The van der Waals surface area contributed by atoms with Crippen LogP contribution >= 0.6 is 27.3 Å². The van der Waals surface area contributed by atoms with Gasteiger partial charge in [0.1, 0.15) is 17.4 Å². The van der Waals surface area contributed by atoms with Crippen LogP contribution in [0, 0.1) is 6.92 Å². The summed E-state index contributed by atoms with van der Waals surface area (Å²) < 4.78 is 6.52. The molecule has 0 aliphatic heterocycles. The molecule has 84 valence electrons. The summed E-state index contributed by atoms with van der Waals surface area (Å²) in [6.07, 6.45) is 0. The van der Waals surface area contributed by atoms with Crippen LogP contribution in [0.25, 0.3) is 0 Å². The first kappa shape index (κ1) is 11.4. The standard InChI is InChI=1S/C11H11BrN2OS/c1-7-6-16-11(14-7)5-15-10-3-8(12)2-9(13)4-10/h2-4,6H,5,13H2,1H3. The van der Waals surface area contributed by atoms with E-state index in [0.29, 0.717) is 12.3 Å². The van der Waals surface area contributed by atoms with Gasteiger partial charge in [-0.2, -0.15) is 0 Å². The third kappa shape index (κ3) is 2.96. The zero-order chi connectivity index (χ0) is 11.5. The summed E-state index contributed by atoms with van der Waals surface area (Å²) in [5.41, 5.74) is 7.42. The van der Waals surface area contributed by atoms with Gasteiger partial charge in [0.25, 0.3) is 0 Å². The third-order valence-corrected chi connectivity index (χ3v) is 3.32. The number of hydrogen-bond acceptors (Lipinski definition) is 4. The van der Waals surface area contributed by atoms with E-state index in [4.69, 9.17) is 10.5 Å². The van der Waals surface area contributed by atoms with Gasteiger partial charge in [-0.05, 0) is 19.1 Å². The molecule has 5 heteroatoms. The van der Waals surface area contributed by atoms with Crippen molar-refractivity contribution >= 4 is 33.0 Å². The van der Waals surface area contributed by atoms with Crippen molar-refractivity contribution in [3.05, 3.63) is 38.8 Å². The second kappa shape index (κ2) is 4.84. The molecular formula is C11H11BrN2OS. The van der Waals surface area contributed by atoms with Crippen LogP contribution in [0.15, 0.2) is 28.1 Å². The first-order valence-corrected chi connectivity index (χ1v) is 6.40. The lowest BCUT2D eigenvalue weighted by molar-refractivity contribution is 0.305. The molecule has 2 aromatic rings. The number of benzene rings is 1. The van der Waals surface area contributed by atoms with E-state index < -0.39 is 0 Å². The van der Waals surface area contributed by atoms with Crippen LogP contribution in [0.4, 0.5) is 5.69 Å². The molecule has 0 unspecified atom stereocenters. The number of rotatable bonds is 3. The van der Waals surface area contributed by atoms with Crippen molar-refractivity contribution in [3.63, 3.8) is 0 Å². The average Bonchev–Trinajstić information content (AvgIpc) is 2.60. The van der Waals surface area contributed by atoms with Gasteiger partial charge in [0.15, 0.2) is 0 Å². The van der Waals surface area contributed by atoms with Gasteiger partial charge in [0, 0.05) is 27.3 Å². The lowest BCUT2D eigenvalue weighted by atomic mass is 10.3. The van der Waals surface area contributed by atoms with E-state index in [1.165, 1.54) is 0 Å².